The van der Waals surface area contributed by atoms with E-state index in [4.69, 9.17) is 0 Å². The molecule has 0 aliphatic heterocycles. The van der Waals surface area contributed by atoms with E-state index in [1.165, 1.54) is 77.0 Å². The van der Waals surface area contributed by atoms with Gasteiger partial charge >= 0.3 is 29.6 Å². The van der Waals surface area contributed by atoms with Crippen LogP contribution < -0.4 is 34.9 Å². The van der Waals surface area contributed by atoms with Crippen molar-refractivity contribution in [2.75, 3.05) is 6.54 Å². The van der Waals surface area contributed by atoms with Gasteiger partial charge in [-0.2, -0.15) is 6.42 Å². The molecule has 0 spiro atoms. The van der Waals surface area contributed by atoms with Crippen molar-refractivity contribution in [3.63, 3.8) is 0 Å². The summed E-state index contributed by atoms with van der Waals surface area (Å²) in [6.07, 6.45) is 19.1. The molecule has 1 amide bonds. The van der Waals surface area contributed by atoms with Gasteiger partial charge in [0.15, 0.2) is 0 Å². The van der Waals surface area contributed by atoms with Gasteiger partial charge in [-0.1, -0.05) is 90.9 Å². The Bertz CT molecular complexity index is 256. The molecule has 0 saturated heterocycles. The van der Waals surface area contributed by atoms with Gasteiger partial charge in [-0.05, 0) is 18.9 Å². The zero-order valence-corrected chi connectivity index (χ0v) is 19.0. The van der Waals surface area contributed by atoms with Crippen LogP contribution in [0.5, 0.6) is 0 Å². The fourth-order valence-electron chi connectivity index (χ4n) is 2.92. The molecule has 0 aromatic rings. The van der Waals surface area contributed by atoms with Gasteiger partial charge in [-0.15, -0.1) is 0 Å². The van der Waals surface area contributed by atoms with Gasteiger partial charge in [0, 0.05) is 6.42 Å². The SMILES string of the molecule is [CH2-]CCNC(=O)CCCCCCCCCCCCCCC(C)C.[Na+]. The zero-order chi connectivity index (χ0) is 17.2. The van der Waals surface area contributed by atoms with E-state index in [2.05, 4.69) is 26.1 Å². The average molecular weight is 348 g/mol. The van der Waals surface area contributed by atoms with Crippen molar-refractivity contribution in [3.05, 3.63) is 6.92 Å². The van der Waals surface area contributed by atoms with E-state index in [-0.39, 0.29) is 35.5 Å². The summed E-state index contributed by atoms with van der Waals surface area (Å²) >= 11 is 0. The van der Waals surface area contributed by atoms with Crippen LogP contribution in [-0.2, 0) is 4.79 Å². The van der Waals surface area contributed by atoms with Crippen molar-refractivity contribution < 1.29 is 34.4 Å². The number of amides is 1. The van der Waals surface area contributed by atoms with E-state index in [1.807, 2.05) is 0 Å². The summed E-state index contributed by atoms with van der Waals surface area (Å²) in [5.41, 5.74) is 0. The summed E-state index contributed by atoms with van der Waals surface area (Å²) in [6.45, 7) is 9.07. The Labute approximate surface area is 174 Å². The Hall–Kier alpha value is 0.470. The summed E-state index contributed by atoms with van der Waals surface area (Å²) in [6, 6.07) is 0. The first-order chi connectivity index (χ1) is 11.2. The molecule has 0 aliphatic carbocycles. The van der Waals surface area contributed by atoms with Crippen molar-refractivity contribution >= 4 is 5.91 Å². The van der Waals surface area contributed by atoms with Crippen LogP contribution in [-0.4, -0.2) is 12.5 Å². The number of hydrogen-bond donors (Lipinski definition) is 1. The molecule has 0 aromatic carbocycles. The molecule has 0 unspecified atom stereocenters. The van der Waals surface area contributed by atoms with Crippen LogP contribution in [0.1, 0.15) is 110 Å². The predicted molar refractivity (Wildman–Crippen MR) is 102 cm³/mol. The Morgan fingerprint density at radius 1 is 0.792 bits per heavy atom. The Balaban J connectivity index is 0. The van der Waals surface area contributed by atoms with Crippen LogP contribution in [0.4, 0.5) is 0 Å². The van der Waals surface area contributed by atoms with Gasteiger partial charge in [0.25, 0.3) is 0 Å². The maximum Gasteiger partial charge on any atom is 1.00 e. The van der Waals surface area contributed by atoms with E-state index < -0.39 is 0 Å². The average Bonchev–Trinajstić information content (AvgIpc) is 2.52. The Kier molecular flexibility index (Phi) is 23.9. The van der Waals surface area contributed by atoms with Crippen LogP contribution in [0.25, 0.3) is 0 Å². The molecular formula is C21H42NNaO. The minimum atomic E-state index is 0. The Morgan fingerprint density at radius 3 is 1.62 bits per heavy atom. The van der Waals surface area contributed by atoms with Crippen LogP contribution in [0.15, 0.2) is 0 Å². The molecule has 2 nitrogen and oxygen atoms in total. The van der Waals surface area contributed by atoms with Gasteiger partial charge in [-0.3, -0.25) is 4.79 Å². The van der Waals surface area contributed by atoms with Crippen molar-refractivity contribution in [1.82, 2.24) is 5.32 Å². The molecule has 1 N–H and O–H groups in total. The molecule has 0 saturated carbocycles. The smallest absolute Gasteiger partial charge is 0.359 e. The third-order valence-electron chi connectivity index (χ3n) is 4.43. The van der Waals surface area contributed by atoms with Crippen molar-refractivity contribution in [3.8, 4) is 0 Å². The fraction of sp³-hybridized carbons (Fsp3) is 0.905. The van der Waals surface area contributed by atoms with Crippen molar-refractivity contribution in [1.29, 1.82) is 0 Å². The molecule has 0 atom stereocenters. The molecule has 0 aromatic heterocycles. The third kappa shape index (κ3) is 22.5. The third-order valence-corrected chi connectivity index (χ3v) is 4.43. The second-order valence-electron chi connectivity index (χ2n) is 7.38. The topological polar surface area (TPSA) is 29.1 Å². The fourth-order valence-corrected chi connectivity index (χ4v) is 2.92. The van der Waals surface area contributed by atoms with E-state index in [0.29, 0.717) is 6.42 Å². The van der Waals surface area contributed by atoms with Gasteiger partial charge in [-0.25, -0.2) is 0 Å². The molecule has 0 aliphatic rings. The van der Waals surface area contributed by atoms with E-state index in [0.717, 1.165) is 25.3 Å². The summed E-state index contributed by atoms with van der Waals surface area (Å²) in [4.78, 5) is 11.4. The normalized spacial score (nSPS) is 10.7. The van der Waals surface area contributed by atoms with Gasteiger partial charge in [0.2, 0.25) is 5.91 Å². The molecule has 0 rings (SSSR count). The number of nitrogens with one attached hydrogen (secondary N) is 1. The van der Waals surface area contributed by atoms with Gasteiger partial charge < -0.3 is 12.2 Å². The first-order valence-electron chi connectivity index (χ1n) is 10.2. The van der Waals surface area contributed by atoms with Crippen LogP contribution >= 0.6 is 0 Å². The van der Waals surface area contributed by atoms with Crippen LogP contribution in [0.2, 0.25) is 0 Å². The maximum absolute atomic E-state index is 11.4. The quantitative estimate of drug-likeness (QED) is 0.244. The second-order valence-corrected chi connectivity index (χ2v) is 7.38. The molecule has 0 bridgehead atoms. The molecule has 3 heteroatoms. The van der Waals surface area contributed by atoms with Crippen molar-refractivity contribution in [2.45, 2.75) is 110 Å². The van der Waals surface area contributed by atoms with Gasteiger partial charge in [0.05, 0.1) is 0 Å². The second kappa shape index (κ2) is 21.5. The minimum Gasteiger partial charge on any atom is -0.359 e. The zero-order valence-electron chi connectivity index (χ0n) is 17.0. The van der Waals surface area contributed by atoms with Crippen molar-refractivity contribution in [2.24, 2.45) is 5.92 Å². The minimum absolute atomic E-state index is 0. The summed E-state index contributed by atoms with van der Waals surface area (Å²) < 4.78 is 0. The van der Waals surface area contributed by atoms with E-state index >= 15 is 0 Å². The largest absolute Gasteiger partial charge is 1.00 e. The molecule has 0 heterocycles. The molecule has 138 valence electrons. The van der Waals surface area contributed by atoms with Gasteiger partial charge in [0.1, 0.15) is 0 Å². The van der Waals surface area contributed by atoms with Crippen LogP contribution in [0, 0.1) is 12.8 Å². The maximum atomic E-state index is 11.4. The molecule has 24 heavy (non-hydrogen) atoms. The number of hydrogen-bond acceptors (Lipinski definition) is 1. The Morgan fingerprint density at radius 2 is 1.21 bits per heavy atom. The number of rotatable bonds is 17. The summed E-state index contributed by atoms with van der Waals surface area (Å²) in [5, 5.41) is 2.88. The summed E-state index contributed by atoms with van der Waals surface area (Å²) in [7, 11) is 0. The van der Waals surface area contributed by atoms with Crippen LogP contribution in [0.3, 0.4) is 0 Å². The molecular weight excluding hydrogens is 305 g/mol. The van der Waals surface area contributed by atoms with E-state index in [1.54, 1.807) is 0 Å². The number of carbonyl (C=O) groups excluding carboxylic acids is 1. The summed E-state index contributed by atoms with van der Waals surface area (Å²) in [5.74, 6) is 1.07. The predicted octanol–water partition coefficient (Wildman–Crippen LogP) is 3.45. The molecule has 0 radical (unpaired) electrons. The monoisotopic (exact) mass is 347 g/mol. The first-order valence-corrected chi connectivity index (χ1v) is 10.2. The number of unbranched alkanes of at least 4 members (excludes halogenated alkanes) is 11. The van der Waals surface area contributed by atoms with E-state index in [9.17, 15) is 4.79 Å². The first kappa shape index (κ1) is 26.7. The molecule has 0 fully saturated rings. The number of carbonyl (C=O) groups is 1. The standard InChI is InChI=1S/C21H42NO.Na/c1-4-19-22-21(23)18-16-14-12-10-8-6-5-7-9-11-13-15-17-20(2)3;/h20H,1,4-19H2,2-3H3,(H,22,23);/q-1;+1.